The number of pyridine rings is 1. The van der Waals surface area contributed by atoms with Crippen LogP contribution in [-0.2, 0) is 0 Å². The monoisotopic (exact) mass is 278 g/mol. The van der Waals surface area contributed by atoms with Crippen molar-refractivity contribution in [3.8, 4) is 6.07 Å². The van der Waals surface area contributed by atoms with Crippen LogP contribution in [0.1, 0.15) is 5.56 Å². The van der Waals surface area contributed by atoms with Crippen LogP contribution in [0.2, 0.25) is 0 Å². The Balaban J connectivity index is 2.14. The predicted molar refractivity (Wildman–Crippen MR) is 80.6 cm³/mol. The first-order valence-corrected chi connectivity index (χ1v) is 6.29. The number of fused-ring (bicyclic) bond motifs is 1. The average Bonchev–Trinajstić information content (AvgIpc) is 2.51. The molecule has 3 N–H and O–H groups in total. The Bertz CT molecular complexity index is 868. The Labute approximate surface area is 120 Å². The van der Waals surface area contributed by atoms with Gasteiger partial charge in [0.2, 0.25) is 0 Å². The number of rotatable bonds is 2. The van der Waals surface area contributed by atoms with Gasteiger partial charge in [0.1, 0.15) is 17.4 Å². The van der Waals surface area contributed by atoms with E-state index in [-0.39, 0.29) is 5.56 Å². The molecule has 0 aliphatic heterocycles. The van der Waals surface area contributed by atoms with E-state index in [9.17, 15) is 4.39 Å². The molecule has 3 aromatic rings. The molecule has 0 amide bonds. The van der Waals surface area contributed by atoms with Gasteiger partial charge >= 0.3 is 0 Å². The first kappa shape index (κ1) is 12.9. The van der Waals surface area contributed by atoms with E-state index in [0.29, 0.717) is 22.6 Å². The maximum absolute atomic E-state index is 13.6. The van der Waals surface area contributed by atoms with E-state index in [4.69, 9.17) is 11.0 Å². The summed E-state index contributed by atoms with van der Waals surface area (Å²) in [6.07, 6.45) is 1.66. The van der Waals surface area contributed by atoms with Crippen LogP contribution < -0.4 is 11.1 Å². The zero-order valence-corrected chi connectivity index (χ0v) is 11.0. The van der Waals surface area contributed by atoms with E-state index < -0.39 is 5.82 Å². The van der Waals surface area contributed by atoms with Crippen molar-refractivity contribution in [1.29, 1.82) is 5.26 Å². The molecule has 0 fully saturated rings. The largest absolute Gasteiger partial charge is 0.398 e. The van der Waals surface area contributed by atoms with Crippen LogP contribution in [0, 0.1) is 17.1 Å². The second-order valence-electron chi connectivity index (χ2n) is 4.50. The van der Waals surface area contributed by atoms with Gasteiger partial charge in [0, 0.05) is 17.3 Å². The van der Waals surface area contributed by atoms with Crippen molar-refractivity contribution in [2.24, 2.45) is 0 Å². The van der Waals surface area contributed by atoms with E-state index in [1.165, 1.54) is 6.07 Å². The van der Waals surface area contributed by atoms with Gasteiger partial charge in [-0.15, -0.1) is 0 Å². The van der Waals surface area contributed by atoms with Crippen molar-refractivity contribution < 1.29 is 4.39 Å². The van der Waals surface area contributed by atoms with E-state index in [0.717, 1.165) is 5.39 Å². The minimum Gasteiger partial charge on any atom is -0.398 e. The van der Waals surface area contributed by atoms with Crippen LogP contribution in [0.4, 0.5) is 21.5 Å². The highest BCUT2D eigenvalue weighted by atomic mass is 19.1. The number of nitriles is 1. The molecule has 0 aliphatic rings. The molecule has 1 heterocycles. The van der Waals surface area contributed by atoms with Gasteiger partial charge in [-0.25, -0.2) is 4.39 Å². The molecule has 21 heavy (non-hydrogen) atoms. The summed E-state index contributed by atoms with van der Waals surface area (Å²) in [4.78, 5) is 4.30. The van der Waals surface area contributed by atoms with E-state index in [1.54, 1.807) is 36.5 Å². The number of benzene rings is 2. The van der Waals surface area contributed by atoms with Gasteiger partial charge in [-0.05, 0) is 36.4 Å². The first-order valence-electron chi connectivity index (χ1n) is 6.29. The summed E-state index contributed by atoms with van der Waals surface area (Å²) < 4.78 is 13.6. The van der Waals surface area contributed by atoms with Gasteiger partial charge in [0.15, 0.2) is 0 Å². The number of nitrogens with zero attached hydrogens (tertiary/aromatic N) is 2. The number of nitrogens with one attached hydrogen (secondary N) is 1. The van der Waals surface area contributed by atoms with Crippen molar-refractivity contribution in [1.82, 2.24) is 4.98 Å². The molecule has 1 aromatic heterocycles. The molecule has 5 heteroatoms. The van der Waals surface area contributed by atoms with E-state index in [2.05, 4.69) is 10.3 Å². The molecule has 102 valence electrons. The van der Waals surface area contributed by atoms with Gasteiger partial charge < -0.3 is 11.1 Å². The Hall–Kier alpha value is -3.13. The van der Waals surface area contributed by atoms with Crippen LogP contribution in [0.5, 0.6) is 0 Å². The number of nitrogens with two attached hydrogens (primary N) is 1. The molecule has 0 radical (unpaired) electrons. The quantitative estimate of drug-likeness (QED) is 0.703. The average molecular weight is 278 g/mol. The minimum atomic E-state index is -0.560. The number of hydrogen-bond donors (Lipinski definition) is 2. The fourth-order valence-corrected chi connectivity index (χ4v) is 2.18. The maximum atomic E-state index is 13.6. The second-order valence-corrected chi connectivity index (χ2v) is 4.50. The molecule has 0 spiro atoms. The smallest absolute Gasteiger partial charge is 0.143 e. The van der Waals surface area contributed by atoms with Crippen molar-refractivity contribution in [3.63, 3.8) is 0 Å². The third kappa shape index (κ3) is 2.23. The third-order valence-corrected chi connectivity index (χ3v) is 3.20. The Kier molecular flexibility index (Phi) is 3.13. The molecule has 0 saturated heterocycles. The van der Waals surface area contributed by atoms with Crippen molar-refractivity contribution in [2.75, 3.05) is 11.1 Å². The van der Waals surface area contributed by atoms with Crippen LogP contribution in [-0.4, -0.2) is 4.98 Å². The van der Waals surface area contributed by atoms with Gasteiger partial charge in [-0.3, -0.25) is 4.98 Å². The van der Waals surface area contributed by atoms with Gasteiger partial charge in [-0.1, -0.05) is 6.07 Å². The van der Waals surface area contributed by atoms with Crippen molar-refractivity contribution in [2.45, 2.75) is 0 Å². The summed E-state index contributed by atoms with van der Waals surface area (Å²) in [5.41, 5.74) is 8.24. The number of hydrogen-bond acceptors (Lipinski definition) is 4. The SMILES string of the molecule is N#Cc1c(F)cccc1Nc1ccc(N)c2cccnc12. The highest BCUT2D eigenvalue weighted by Gasteiger charge is 2.10. The highest BCUT2D eigenvalue weighted by Crippen LogP contribution is 2.30. The summed E-state index contributed by atoms with van der Waals surface area (Å²) in [7, 11) is 0. The molecular formula is C16H11FN4. The number of aromatic nitrogens is 1. The molecule has 0 aliphatic carbocycles. The number of nitrogen functional groups attached to an aromatic ring is 1. The molecular weight excluding hydrogens is 267 g/mol. The highest BCUT2D eigenvalue weighted by molar-refractivity contribution is 5.99. The van der Waals surface area contributed by atoms with Crippen molar-refractivity contribution >= 4 is 28.0 Å². The zero-order chi connectivity index (χ0) is 14.8. The van der Waals surface area contributed by atoms with E-state index in [1.807, 2.05) is 12.1 Å². The van der Waals surface area contributed by atoms with Crippen LogP contribution in [0.3, 0.4) is 0 Å². The van der Waals surface area contributed by atoms with Crippen LogP contribution in [0.15, 0.2) is 48.7 Å². The number of anilines is 3. The third-order valence-electron chi connectivity index (χ3n) is 3.20. The van der Waals surface area contributed by atoms with Crippen LogP contribution in [0.25, 0.3) is 10.9 Å². The topological polar surface area (TPSA) is 74.7 Å². The molecule has 3 rings (SSSR count). The second kappa shape index (κ2) is 5.10. The zero-order valence-electron chi connectivity index (χ0n) is 11.0. The maximum Gasteiger partial charge on any atom is 0.143 e. The summed E-state index contributed by atoms with van der Waals surface area (Å²) in [5.74, 6) is -0.560. The van der Waals surface area contributed by atoms with Crippen molar-refractivity contribution in [3.05, 3.63) is 60.0 Å². The molecule has 4 nitrogen and oxygen atoms in total. The Morgan fingerprint density at radius 1 is 1.10 bits per heavy atom. The molecule has 2 aromatic carbocycles. The van der Waals surface area contributed by atoms with Crippen LogP contribution >= 0.6 is 0 Å². The predicted octanol–water partition coefficient (Wildman–Crippen LogP) is 3.57. The van der Waals surface area contributed by atoms with Gasteiger partial charge in [-0.2, -0.15) is 5.26 Å². The molecule has 0 saturated carbocycles. The molecule has 0 unspecified atom stereocenters. The fraction of sp³-hybridized carbons (Fsp3) is 0. The Morgan fingerprint density at radius 2 is 1.95 bits per heavy atom. The fourth-order valence-electron chi connectivity index (χ4n) is 2.18. The van der Waals surface area contributed by atoms with E-state index >= 15 is 0 Å². The lowest BCUT2D eigenvalue weighted by Gasteiger charge is -2.12. The summed E-state index contributed by atoms with van der Waals surface area (Å²) in [6, 6.07) is 13.5. The van der Waals surface area contributed by atoms with Gasteiger partial charge in [0.25, 0.3) is 0 Å². The lowest BCUT2D eigenvalue weighted by molar-refractivity contribution is 0.624. The first-order chi connectivity index (χ1) is 10.2. The number of halogens is 1. The lowest BCUT2D eigenvalue weighted by atomic mass is 10.1. The van der Waals surface area contributed by atoms with Gasteiger partial charge in [0.05, 0.1) is 16.9 Å². The molecule has 0 atom stereocenters. The minimum absolute atomic E-state index is 0.0293. The standard InChI is InChI=1S/C16H11FN4/c17-12-4-1-5-14(11(12)9-18)21-15-7-6-13(19)10-3-2-8-20-16(10)15/h1-8,21H,19H2. The normalized spacial score (nSPS) is 10.3. The Morgan fingerprint density at radius 3 is 2.76 bits per heavy atom. The summed E-state index contributed by atoms with van der Waals surface area (Å²) in [6.45, 7) is 0. The summed E-state index contributed by atoms with van der Waals surface area (Å²) in [5, 5.41) is 12.9. The molecule has 0 bridgehead atoms. The lowest BCUT2D eigenvalue weighted by Crippen LogP contribution is -1.98. The summed E-state index contributed by atoms with van der Waals surface area (Å²) >= 11 is 0.